The number of ether oxygens (including phenoxy) is 4. The molecule has 4 N–H and O–H groups in total. The summed E-state index contributed by atoms with van der Waals surface area (Å²) in [6.45, 7) is -1.26. The van der Waals surface area contributed by atoms with E-state index in [9.17, 15) is 23.2 Å². The number of hydrogen-bond acceptors (Lipinski definition) is 9. The molecule has 0 saturated heterocycles. The lowest BCUT2D eigenvalue weighted by Gasteiger charge is -2.35. The Bertz CT molecular complexity index is 1180. The number of nitrogens with zero attached hydrogens (tertiary/aromatic N) is 1. The summed E-state index contributed by atoms with van der Waals surface area (Å²) in [5.41, 5.74) is 5.30. The largest absolute Gasteiger partial charge is 0.489 e. The highest BCUT2D eigenvalue weighted by atomic mass is 19.3. The normalized spacial score (nSPS) is 19.2. The lowest BCUT2D eigenvalue weighted by atomic mass is 9.87. The number of benzene rings is 1. The quantitative estimate of drug-likeness (QED) is 0.388. The van der Waals surface area contributed by atoms with Gasteiger partial charge in [0, 0.05) is 17.6 Å². The Balaban J connectivity index is 1.56. The monoisotopic (exact) mass is 538 g/mol. The summed E-state index contributed by atoms with van der Waals surface area (Å²) in [7, 11) is 1.26. The zero-order valence-electron chi connectivity index (χ0n) is 20.7. The Morgan fingerprint density at radius 3 is 2.50 bits per heavy atom. The molecule has 2 aliphatic carbocycles. The van der Waals surface area contributed by atoms with E-state index in [0.29, 0.717) is 30.9 Å². The van der Waals surface area contributed by atoms with Crippen molar-refractivity contribution in [3.63, 3.8) is 0 Å². The first-order valence-corrected chi connectivity index (χ1v) is 12.0. The predicted molar refractivity (Wildman–Crippen MR) is 126 cm³/mol. The predicted octanol–water partition coefficient (Wildman–Crippen LogP) is 3.50. The highest BCUT2D eigenvalue weighted by Gasteiger charge is 2.34. The molecular weight excluding hydrogens is 510 g/mol. The number of carbonyl (C=O) groups is 3. The maximum atomic E-state index is 13.1. The molecule has 0 aliphatic heterocycles. The summed E-state index contributed by atoms with van der Waals surface area (Å²) in [5, 5.41) is 5.44. The van der Waals surface area contributed by atoms with Crippen molar-refractivity contribution < 1.29 is 46.5 Å². The van der Waals surface area contributed by atoms with Crippen LogP contribution in [-0.4, -0.2) is 55.5 Å². The van der Waals surface area contributed by atoms with E-state index in [0.717, 1.165) is 12.8 Å². The van der Waals surface area contributed by atoms with Crippen LogP contribution in [0.3, 0.4) is 0 Å². The molecule has 206 valence electrons. The minimum atomic E-state index is -3.05. The molecule has 1 atom stereocenters. The topological polar surface area (TPSA) is 164 Å². The van der Waals surface area contributed by atoms with Crippen molar-refractivity contribution in [1.29, 1.82) is 0 Å². The molecule has 1 aromatic heterocycles. The molecule has 0 unspecified atom stereocenters. The van der Waals surface area contributed by atoms with Gasteiger partial charge in [-0.2, -0.15) is 8.78 Å². The highest BCUT2D eigenvalue weighted by Crippen LogP contribution is 2.37. The lowest BCUT2D eigenvalue weighted by Crippen LogP contribution is -2.53. The number of halogens is 2. The maximum Gasteiger partial charge on any atom is 0.407 e. The molecule has 1 heterocycles. The van der Waals surface area contributed by atoms with E-state index in [2.05, 4.69) is 25.1 Å². The summed E-state index contributed by atoms with van der Waals surface area (Å²) in [6, 6.07) is 3.73. The number of hydrogen-bond donors (Lipinski definition) is 3. The fourth-order valence-corrected chi connectivity index (χ4v) is 3.89. The number of carbonyl (C=O) groups excluding carboxylic acids is 3. The number of amides is 3. The molecule has 2 saturated carbocycles. The molecule has 1 aromatic carbocycles. The van der Waals surface area contributed by atoms with Gasteiger partial charge in [0.15, 0.2) is 29.1 Å². The number of alkyl carbamates (subject to hydrolysis) is 1. The summed E-state index contributed by atoms with van der Waals surface area (Å²) in [5.74, 6) is -0.432. The molecule has 2 fully saturated rings. The van der Waals surface area contributed by atoms with Gasteiger partial charge in [-0.1, -0.05) is 0 Å². The molecule has 2 aromatic rings. The van der Waals surface area contributed by atoms with Crippen LogP contribution in [0.4, 0.5) is 18.4 Å². The first kappa shape index (κ1) is 26.9. The van der Waals surface area contributed by atoms with Crippen molar-refractivity contribution in [1.82, 2.24) is 15.6 Å². The van der Waals surface area contributed by atoms with Crippen LogP contribution in [-0.2, 0) is 9.47 Å². The number of nitrogens with one attached hydrogen (secondary N) is 2. The molecule has 0 bridgehead atoms. The third kappa shape index (κ3) is 6.81. The number of oxazole rings is 1. The van der Waals surface area contributed by atoms with E-state index in [1.165, 1.54) is 32.2 Å². The average Bonchev–Trinajstić information content (AvgIpc) is 3.56. The van der Waals surface area contributed by atoms with Crippen LogP contribution in [0.2, 0.25) is 0 Å². The van der Waals surface area contributed by atoms with Crippen LogP contribution >= 0.6 is 0 Å². The number of primary amides is 1. The standard InChI is InChI=1S/C24H28F2N4O8/c1-11(36-23(27)32)19-18(20(31)28-14-8-15(9-14)29-24(33)34-2)30-21(38-19)13-5-6-16(37-22(25)26)17(7-13)35-10-12-3-4-12/h5-7,11-12,14-15,22H,3-4,8-10H2,1-2H3,(H2,27,32)(H,28,31)(H,29,33)/t11-,14?,15?/m0/s1. The van der Waals surface area contributed by atoms with E-state index in [4.69, 9.17) is 19.6 Å². The number of rotatable bonds is 11. The Morgan fingerprint density at radius 1 is 1.16 bits per heavy atom. The Kier molecular flexibility index (Phi) is 8.17. The highest BCUT2D eigenvalue weighted by molar-refractivity contribution is 5.94. The lowest BCUT2D eigenvalue weighted by molar-refractivity contribution is -0.0515. The molecule has 4 rings (SSSR count). The molecule has 14 heteroatoms. The first-order valence-electron chi connectivity index (χ1n) is 12.0. The second-order valence-electron chi connectivity index (χ2n) is 9.08. The second kappa shape index (κ2) is 11.5. The third-order valence-electron chi connectivity index (χ3n) is 6.09. The van der Waals surface area contributed by atoms with Gasteiger partial charge < -0.3 is 39.7 Å². The summed E-state index contributed by atoms with van der Waals surface area (Å²) in [4.78, 5) is 40.0. The number of methoxy groups -OCH3 is 1. The van der Waals surface area contributed by atoms with E-state index in [-0.39, 0.29) is 40.9 Å². The minimum absolute atomic E-state index is 0.0382. The van der Waals surface area contributed by atoms with Crippen LogP contribution in [0.15, 0.2) is 22.6 Å². The zero-order chi connectivity index (χ0) is 27.4. The van der Waals surface area contributed by atoms with Gasteiger partial charge in [-0.15, -0.1) is 0 Å². The van der Waals surface area contributed by atoms with E-state index in [1.807, 2.05) is 0 Å². The number of nitrogens with two attached hydrogens (primary N) is 1. The number of aromatic nitrogens is 1. The molecule has 38 heavy (non-hydrogen) atoms. The summed E-state index contributed by atoms with van der Waals surface area (Å²) in [6.07, 6.45) is 0.225. The van der Waals surface area contributed by atoms with Crippen molar-refractivity contribution in [2.24, 2.45) is 11.7 Å². The van der Waals surface area contributed by atoms with Crippen molar-refractivity contribution in [2.75, 3.05) is 13.7 Å². The van der Waals surface area contributed by atoms with E-state index in [1.54, 1.807) is 0 Å². The second-order valence-corrected chi connectivity index (χ2v) is 9.08. The van der Waals surface area contributed by atoms with E-state index >= 15 is 0 Å². The van der Waals surface area contributed by atoms with Crippen molar-refractivity contribution in [3.8, 4) is 23.0 Å². The van der Waals surface area contributed by atoms with Gasteiger partial charge in [-0.05, 0) is 56.7 Å². The zero-order valence-corrected chi connectivity index (χ0v) is 20.7. The van der Waals surface area contributed by atoms with Crippen LogP contribution in [0.5, 0.6) is 11.5 Å². The summed E-state index contributed by atoms with van der Waals surface area (Å²) >= 11 is 0. The summed E-state index contributed by atoms with van der Waals surface area (Å²) < 4.78 is 51.4. The van der Waals surface area contributed by atoms with Crippen molar-refractivity contribution in [2.45, 2.75) is 57.4 Å². The van der Waals surface area contributed by atoms with E-state index < -0.39 is 30.8 Å². The Morgan fingerprint density at radius 2 is 1.87 bits per heavy atom. The number of alkyl halides is 2. The fourth-order valence-electron chi connectivity index (χ4n) is 3.89. The average molecular weight is 539 g/mol. The van der Waals surface area contributed by atoms with Gasteiger partial charge in [0.25, 0.3) is 5.91 Å². The first-order chi connectivity index (χ1) is 18.1. The van der Waals surface area contributed by atoms with Gasteiger partial charge in [-0.25, -0.2) is 14.6 Å². The van der Waals surface area contributed by atoms with Gasteiger partial charge >= 0.3 is 18.8 Å². The fraction of sp³-hybridized carbons (Fsp3) is 0.500. The molecule has 3 amide bonds. The van der Waals surface area contributed by atoms with Crippen molar-refractivity contribution >= 4 is 18.1 Å². The molecule has 12 nitrogen and oxygen atoms in total. The molecule has 0 spiro atoms. The smallest absolute Gasteiger partial charge is 0.407 e. The minimum Gasteiger partial charge on any atom is -0.489 e. The van der Waals surface area contributed by atoms with Gasteiger partial charge in [0.2, 0.25) is 5.89 Å². The SMILES string of the molecule is COC(=O)NC1CC(NC(=O)c2nc(-c3ccc(OC(F)F)c(OCC4CC4)c3)oc2[C@H](C)OC(N)=O)C1. The van der Waals surface area contributed by atoms with Gasteiger partial charge in [0.05, 0.1) is 13.7 Å². The van der Waals surface area contributed by atoms with Crippen molar-refractivity contribution in [3.05, 3.63) is 29.7 Å². The molecule has 2 aliphatic rings. The Labute approximate surface area is 216 Å². The van der Waals surface area contributed by atoms with Gasteiger partial charge in [-0.3, -0.25) is 4.79 Å². The van der Waals surface area contributed by atoms with Crippen LogP contribution in [0.1, 0.15) is 55.0 Å². The van der Waals surface area contributed by atoms with Crippen LogP contribution in [0.25, 0.3) is 11.5 Å². The Hall–Kier alpha value is -4.10. The van der Waals surface area contributed by atoms with Crippen LogP contribution in [0, 0.1) is 5.92 Å². The molecular formula is C24H28F2N4O8. The third-order valence-corrected chi connectivity index (χ3v) is 6.09. The maximum absolute atomic E-state index is 13.1. The van der Waals surface area contributed by atoms with Gasteiger partial charge in [0.1, 0.15) is 0 Å². The van der Waals surface area contributed by atoms with Crippen LogP contribution < -0.4 is 25.8 Å². The molecule has 0 radical (unpaired) electrons.